The molecule has 1 N–H and O–H groups in total. The third kappa shape index (κ3) is 4.55. The molecule has 1 saturated heterocycles. The molecule has 1 aliphatic rings. The van der Waals surface area contributed by atoms with Gasteiger partial charge in [0.2, 0.25) is 11.0 Å². The number of nitrogens with zero attached hydrogens (tertiary/aromatic N) is 3. The van der Waals surface area contributed by atoms with Crippen LogP contribution in [-0.4, -0.2) is 66.3 Å². The molecule has 2 rings (SSSR count). The summed E-state index contributed by atoms with van der Waals surface area (Å²) in [6, 6.07) is -0.199. The van der Waals surface area contributed by atoms with Crippen molar-refractivity contribution >= 4 is 44.0 Å². The van der Waals surface area contributed by atoms with Gasteiger partial charge in [0.15, 0.2) is 14.2 Å². The number of aromatic nitrogens is 2. The Hall–Kier alpha value is -0.870. The van der Waals surface area contributed by atoms with Crippen LogP contribution < -0.4 is 5.32 Å². The quantitative estimate of drug-likeness (QED) is 0.755. The van der Waals surface area contributed by atoms with E-state index in [1.165, 1.54) is 23.1 Å². The number of rotatable bonds is 6. The number of carbonyl (C=O) groups excluding carboxylic acids is 1. The molecule has 0 unspecified atom stereocenters. The van der Waals surface area contributed by atoms with E-state index in [0.717, 1.165) is 16.0 Å². The van der Waals surface area contributed by atoms with Gasteiger partial charge in [0.25, 0.3) is 0 Å². The van der Waals surface area contributed by atoms with Gasteiger partial charge in [-0.25, -0.2) is 8.42 Å². The van der Waals surface area contributed by atoms with Crippen molar-refractivity contribution in [1.82, 2.24) is 15.1 Å². The van der Waals surface area contributed by atoms with E-state index in [1.54, 1.807) is 11.9 Å². The summed E-state index contributed by atoms with van der Waals surface area (Å²) in [4.78, 5) is 13.6. The number of thioether (sulfide) groups is 1. The van der Waals surface area contributed by atoms with Gasteiger partial charge in [-0.05, 0) is 13.3 Å². The Balaban J connectivity index is 1.83. The SMILES string of the molecule is CCNc1nnc(SCC(=O)N(C)[C@@H]2CCS(=O)(=O)C2)s1. The minimum atomic E-state index is -2.97. The van der Waals surface area contributed by atoms with Crippen LogP contribution in [0.1, 0.15) is 13.3 Å². The van der Waals surface area contributed by atoms with Crippen molar-refractivity contribution < 1.29 is 13.2 Å². The van der Waals surface area contributed by atoms with E-state index in [9.17, 15) is 13.2 Å². The van der Waals surface area contributed by atoms with E-state index in [4.69, 9.17) is 0 Å². The van der Waals surface area contributed by atoms with Gasteiger partial charge in [0.1, 0.15) is 0 Å². The Morgan fingerprint density at radius 1 is 1.52 bits per heavy atom. The van der Waals surface area contributed by atoms with Crippen LogP contribution in [0.15, 0.2) is 4.34 Å². The van der Waals surface area contributed by atoms with Crippen LogP contribution in [0.25, 0.3) is 0 Å². The van der Waals surface area contributed by atoms with Crippen molar-refractivity contribution in [3.8, 4) is 0 Å². The van der Waals surface area contributed by atoms with Crippen LogP contribution >= 0.6 is 23.1 Å². The molecule has 0 aromatic carbocycles. The number of sulfone groups is 1. The van der Waals surface area contributed by atoms with Crippen molar-refractivity contribution in [3.05, 3.63) is 0 Å². The molecule has 0 aliphatic carbocycles. The summed E-state index contributed by atoms with van der Waals surface area (Å²) in [7, 11) is -1.31. The topological polar surface area (TPSA) is 92.3 Å². The number of nitrogens with one attached hydrogen (secondary N) is 1. The van der Waals surface area contributed by atoms with Gasteiger partial charge >= 0.3 is 0 Å². The molecule has 1 aromatic rings. The molecule has 0 saturated carbocycles. The van der Waals surface area contributed by atoms with Gasteiger partial charge in [-0.15, -0.1) is 10.2 Å². The fourth-order valence-electron chi connectivity index (χ4n) is 2.00. The Kier molecular flexibility index (Phi) is 5.44. The van der Waals surface area contributed by atoms with Crippen LogP contribution in [0.5, 0.6) is 0 Å². The molecule has 1 fully saturated rings. The Morgan fingerprint density at radius 3 is 2.90 bits per heavy atom. The third-order valence-electron chi connectivity index (χ3n) is 3.20. The molecular weight excluding hydrogens is 332 g/mol. The Morgan fingerprint density at radius 2 is 2.29 bits per heavy atom. The van der Waals surface area contributed by atoms with Gasteiger partial charge in [-0.1, -0.05) is 23.1 Å². The van der Waals surface area contributed by atoms with Crippen molar-refractivity contribution in [2.24, 2.45) is 0 Å². The Bertz CT molecular complexity index is 602. The number of anilines is 1. The van der Waals surface area contributed by atoms with Crippen LogP contribution in [0, 0.1) is 0 Å². The van der Waals surface area contributed by atoms with E-state index >= 15 is 0 Å². The molecule has 0 bridgehead atoms. The highest BCUT2D eigenvalue weighted by Crippen LogP contribution is 2.26. The molecule has 21 heavy (non-hydrogen) atoms. The van der Waals surface area contributed by atoms with Gasteiger partial charge < -0.3 is 10.2 Å². The standard InChI is InChI=1S/C11H18N4O3S3/c1-3-12-10-13-14-11(20-10)19-6-9(16)15(2)8-4-5-21(17,18)7-8/h8H,3-7H2,1-2H3,(H,12,13)/t8-/m1/s1. The van der Waals surface area contributed by atoms with E-state index in [-0.39, 0.29) is 29.2 Å². The summed E-state index contributed by atoms with van der Waals surface area (Å²) < 4.78 is 23.6. The third-order valence-corrected chi connectivity index (χ3v) is 6.95. The van der Waals surface area contributed by atoms with E-state index in [0.29, 0.717) is 6.42 Å². The maximum atomic E-state index is 12.1. The summed E-state index contributed by atoms with van der Waals surface area (Å²) in [5, 5.41) is 11.7. The second kappa shape index (κ2) is 6.93. The Labute approximate surface area is 132 Å². The van der Waals surface area contributed by atoms with Crippen molar-refractivity contribution in [1.29, 1.82) is 0 Å². The number of hydrogen-bond donors (Lipinski definition) is 1. The van der Waals surface area contributed by atoms with E-state index in [2.05, 4.69) is 15.5 Å². The number of carbonyl (C=O) groups is 1. The zero-order valence-electron chi connectivity index (χ0n) is 11.9. The molecule has 118 valence electrons. The monoisotopic (exact) mass is 350 g/mol. The lowest BCUT2D eigenvalue weighted by Crippen LogP contribution is -2.38. The predicted octanol–water partition coefficient (Wildman–Crippen LogP) is 0.707. The summed E-state index contributed by atoms with van der Waals surface area (Å²) >= 11 is 2.73. The van der Waals surface area contributed by atoms with Gasteiger partial charge in [-0.2, -0.15) is 0 Å². The second-order valence-electron chi connectivity index (χ2n) is 4.75. The van der Waals surface area contributed by atoms with Crippen LogP contribution in [0.4, 0.5) is 5.13 Å². The second-order valence-corrected chi connectivity index (χ2v) is 9.18. The fraction of sp³-hybridized carbons (Fsp3) is 0.727. The summed E-state index contributed by atoms with van der Waals surface area (Å²) in [5.74, 6) is 0.407. The van der Waals surface area contributed by atoms with Crippen molar-refractivity contribution in [3.63, 3.8) is 0 Å². The van der Waals surface area contributed by atoms with Crippen molar-refractivity contribution in [2.45, 2.75) is 23.7 Å². The maximum absolute atomic E-state index is 12.1. The normalized spacial score (nSPS) is 20.4. The molecule has 1 aliphatic heterocycles. The molecule has 0 radical (unpaired) electrons. The van der Waals surface area contributed by atoms with Gasteiger partial charge in [0, 0.05) is 19.6 Å². The molecular formula is C11H18N4O3S3. The highest BCUT2D eigenvalue weighted by molar-refractivity contribution is 8.01. The zero-order chi connectivity index (χ0) is 15.5. The first-order valence-corrected chi connectivity index (χ1v) is 10.2. The highest BCUT2D eigenvalue weighted by Gasteiger charge is 2.32. The molecule has 7 nitrogen and oxygen atoms in total. The molecule has 1 atom stereocenters. The highest BCUT2D eigenvalue weighted by atomic mass is 32.2. The predicted molar refractivity (Wildman–Crippen MR) is 84.6 cm³/mol. The maximum Gasteiger partial charge on any atom is 0.233 e. The summed E-state index contributed by atoms with van der Waals surface area (Å²) in [5.41, 5.74) is 0. The smallest absolute Gasteiger partial charge is 0.233 e. The van der Waals surface area contributed by atoms with Gasteiger partial charge in [0.05, 0.1) is 17.3 Å². The van der Waals surface area contributed by atoms with Crippen LogP contribution in [0.3, 0.4) is 0 Å². The van der Waals surface area contributed by atoms with Crippen LogP contribution in [-0.2, 0) is 14.6 Å². The van der Waals surface area contributed by atoms with Crippen LogP contribution in [0.2, 0.25) is 0 Å². The lowest BCUT2D eigenvalue weighted by Gasteiger charge is -2.22. The first-order chi connectivity index (χ1) is 9.91. The lowest BCUT2D eigenvalue weighted by molar-refractivity contribution is -0.128. The first-order valence-electron chi connectivity index (χ1n) is 6.57. The molecule has 1 aromatic heterocycles. The van der Waals surface area contributed by atoms with E-state index < -0.39 is 9.84 Å². The molecule has 2 heterocycles. The molecule has 1 amide bonds. The minimum Gasteiger partial charge on any atom is -0.360 e. The average Bonchev–Trinajstić information content (AvgIpc) is 3.02. The minimum absolute atomic E-state index is 0.0727. The molecule has 10 heteroatoms. The number of hydrogen-bond acceptors (Lipinski definition) is 8. The molecule has 0 spiro atoms. The van der Waals surface area contributed by atoms with Gasteiger partial charge in [-0.3, -0.25) is 4.79 Å². The average molecular weight is 350 g/mol. The largest absolute Gasteiger partial charge is 0.360 e. The zero-order valence-corrected chi connectivity index (χ0v) is 14.4. The summed E-state index contributed by atoms with van der Waals surface area (Å²) in [6.45, 7) is 2.75. The number of amides is 1. The van der Waals surface area contributed by atoms with E-state index in [1.807, 2.05) is 6.92 Å². The fourth-order valence-corrected chi connectivity index (χ4v) is 5.52. The van der Waals surface area contributed by atoms with Crippen molar-refractivity contribution in [2.75, 3.05) is 36.2 Å². The lowest BCUT2D eigenvalue weighted by atomic mass is 10.2. The summed E-state index contributed by atoms with van der Waals surface area (Å²) in [6.07, 6.45) is 0.526. The first kappa shape index (κ1) is 16.5.